The first-order valence-electron chi connectivity index (χ1n) is 13.0. The van der Waals surface area contributed by atoms with Crippen molar-refractivity contribution in [2.45, 2.75) is 51.6 Å². The second kappa shape index (κ2) is 10.7. The topological polar surface area (TPSA) is 74.3 Å². The highest BCUT2D eigenvalue weighted by atomic mass is 19.1. The molecule has 1 aliphatic heterocycles. The number of pyridine rings is 1. The van der Waals surface area contributed by atoms with Crippen molar-refractivity contribution in [2.75, 3.05) is 19.6 Å². The fourth-order valence-corrected chi connectivity index (χ4v) is 5.61. The molecule has 3 aromatic rings. The highest BCUT2D eigenvalue weighted by molar-refractivity contribution is 6.09. The first kappa shape index (κ1) is 24.4. The van der Waals surface area contributed by atoms with Crippen molar-refractivity contribution < 1.29 is 14.0 Å². The van der Waals surface area contributed by atoms with Gasteiger partial charge in [0, 0.05) is 48.3 Å². The zero-order valence-electron chi connectivity index (χ0n) is 20.7. The molecule has 0 bridgehead atoms. The molecule has 0 unspecified atom stereocenters. The van der Waals surface area contributed by atoms with Gasteiger partial charge in [0.15, 0.2) is 0 Å². The van der Waals surface area contributed by atoms with Crippen molar-refractivity contribution in [2.24, 2.45) is 5.92 Å². The summed E-state index contributed by atoms with van der Waals surface area (Å²) in [4.78, 5) is 33.0. The van der Waals surface area contributed by atoms with E-state index in [0.29, 0.717) is 47.7 Å². The van der Waals surface area contributed by atoms with Crippen LogP contribution in [0.3, 0.4) is 0 Å². The SMILES string of the molecule is C[C@H](NC(=O)c1c(CN2CCNC(=O)C2)c(-c2ccccc2)nc2cc(F)ccc12)C1CCCCC1. The number of carbonyl (C=O) groups is 2. The molecule has 0 radical (unpaired) electrons. The van der Waals surface area contributed by atoms with Crippen LogP contribution >= 0.6 is 0 Å². The van der Waals surface area contributed by atoms with E-state index in [1.807, 2.05) is 35.2 Å². The highest BCUT2D eigenvalue weighted by Gasteiger charge is 2.28. The average Bonchev–Trinajstić information content (AvgIpc) is 2.89. The van der Waals surface area contributed by atoms with Gasteiger partial charge < -0.3 is 10.6 Å². The average molecular weight is 489 g/mol. The van der Waals surface area contributed by atoms with Crippen molar-refractivity contribution in [1.82, 2.24) is 20.5 Å². The van der Waals surface area contributed by atoms with Gasteiger partial charge in [0.25, 0.3) is 5.91 Å². The Kier molecular flexibility index (Phi) is 7.28. The van der Waals surface area contributed by atoms with Crippen molar-refractivity contribution in [3.63, 3.8) is 0 Å². The summed E-state index contributed by atoms with van der Waals surface area (Å²) < 4.78 is 14.3. The first-order chi connectivity index (χ1) is 17.5. The van der Waals surface area contributed by atoms with Crippen LogP contribution in [0.4, 0.5) is 4.39 Å². The third kappa shape index (κ3) is 5.26. The number of hydrogen-bond acceptors (Lipinski definition) is 4. The molecule has 188 valence electrons. The maximum absolute atomic E-state index is 14.3. The molecule has 1 saturated heterocycles. The first-order valence-corrected chi connectivity index (χ1v) is 13.0. The summed E-state index contributed by atoms with van der Waals surface area (Å²) in [5.41, 5.74) is 3.24. The molecule has 2 fully saturated rings. The number of rotatable bonds is 6. The highest BCUT2D eigenvalue weighted by Crippen LogP contribution is 2.33. The molecule has 0 spiro atoms. The van der Waals surface area contributed by atoms with E-state index >= 15 is 0 Å². The lowest BCUT2D eigenvalue weighted by Gasteiger charge is -2.30. The van der Waals surface area contributed by atoms with Crippen LogP contribution in [-0.2, 0) is 11.3 Å². The number of benzene rings is 2. The molecule has 6 nitrogen and oxygen atoms in total. The molecule has 2 aliphatic rings. The summed E-state index contributed by atoms with van der Waals surface area (Å²) in [6.07, 6.45) is 5.89. The minimum atomic E-state index is -0.392. The van der Waals surface area contributed by atoms with E-state index in [0.717, 1.165) is 24.0 Å². The summed E-state index contributed by atoms with van der Waals surface area (Å²) >= 11 is 0. The zero-order valence-corrected chi connectivity index (χ0v) is 20.7. The number of nitrogens with one attached hydrogen (secondary N) is 2. The number of fused-ring (bicyclic) bond motifs is 1. The molecule has 1 atom stereocenters. The van der Waals surface area contributed by atoms with Gasteiger partial charge in [0.2, 0.25) is 5.91 Å². The van der Waals surface area contributed by atoms with Crippen molar-refractivity contribution in [1.29, 1.82) is 0 Å². The molecule has 2 amide bonds. The Hall–Kier alpha value is -3.32. The molecule has 1 saturated carbocycles. The molecular weight excluding hydrogens is 455 g/mol. The van der Waals surface area contributed by atoms with E-state index in [2.05, 4.69) is 17.6 Å². The van der Waals surface area contributed by atoms with Crippen LogP contribution in [0, 0.1) is 11.7 Å². The number of piperazine rings is 1. The summed E-state index contributed by atoms with van der Waals surface area (Å²) in [5, 5.41) is 6.77. The van der Waals surface area contributed by atoms with Gasteiger partial charge in [-0.15, -0.1) is 0 Å². The molecule has 1 aliphatic carbocycles. The quantitative estimate of drug-likeness (QED) is 0.529. The second-order valence-corrected chi connectivity index (χ2v) is 10.1. The van der Waals surface area contributed by atoms with Gasteiger partial charge in [-0.05, 0) is 37.8 Å². The largest absolute Gasteiger partial charge is 0.354 e. The smallest absolute Gasteiger partial charge is 0.252 e. The van der Waals surface area contributed by atoms with E-state index in [-0.39, 0.29) is 24.4 Å². The monoisotopic (exact) mass is 488 g/mol. The Morgan fingerprint density at radius 3 is 2.69 bits per heavy atom. The summed E-state index contributed by atoms with van der Waals surface area (Å²) in [6.45, 7) is 3.99. The van der Waals surface area contributed by atoms with E-state index in [4.69, 9.17) is 4.98 Å². The lowest BCUT2D eigenvalue weighted by Crippen LogP contribution is -2.47. The molecule has 1 aromatic heterocycles. The van der Waals surface area contributed by atoms with E-state index < -0.39 is 5.82 Å². The zero-order chi connectivity index (χ0) is 25.1. The summed E-state index contributed by atoms with van der Waals surface area (Å²) in [6, 6.07) is 14.1. The lowest BCUT2D eigenvalue weighted by atomic mass is 9.84. The summed E-state index contributed by atoms with van der Waals surface area (Å²) in [7, 11) is 0. The number of amides is 2. The van der Waals surface area contributed by atoms with Gasteiger partial charge in [-0.3, -0.25) is 14.5 Å². The summed E-state index contributed by atoms with van der Waals surface area (Å²) in [5.74, 6) is -0.136. The number of halogens is 1. The van der Waals surface area contributed by atoms with Gasteiger partial charge in [0.05, 0.1) is 23.3 Å². The standard InChI is InChI=1S/C29H33FN4O2/c1-19(20-8-4-2-5-9-20)32-29(36)27-23-13-12-22(30)16-25(23)33-28(21-10-6-3-7-11-21)24(27)17-34-15-14-31-26(35)18-34/h3,6-7,10-13,16,19-20H,2,4-5,8-9,14-15,17-18H2,1H3,(H,31,35)(H,32,36)/t19-/m0/s1. The maximum atomic E-state index is 14.3. The Balaban J connectivity index is 1.63. The second-order valence-electron chi connectivity index (χ2n) is 10.1. The Labute approximate surface area is 211 Å². The van der Waals surface area contributed by atoms with Crippen molar-refractivity contribution in [3.8, 4) is 11.3 Å². The fraction of sp³-hybridized carbons (Fsp3) is 0.414. The van der Waals surface area contributed by atoms with Gasteiger partial charge in [0.1, 0.15) is 5.82 Å². The van der Waals surface area contributed by atoms with Gasteiger partial charge >= 0.3 is 0 Å². The Morgan fingerprint density at radius 1 is 1.17 bits per heavy atom. The Morgan fingerprint density at radius 2 is 1.94 bits per heavy atom. The maximum Gasteiger partial charge on any atom is 0.252 e. The predicted molar refractivity (Wildman–Crippen MR) is 139 cm³/mol. The third-order valence-corrected chi connectivity index (χ3v) is 7.54. The van der Waals surface area contributed by atoms with Crippen LogP contribution < -0.4 is 10.6 Å². The van der Waals surface area contributed by atoms with E-state index in [9.17, 15) is 14.0 Å². The normalized spacial score (nSPS) is 18.1. The predicted octanol–water partition coefficient (Wildman–Crippen LogP) is 4.67. The minimum Gasteiger partial charge on any atom is -0.354 e. The van der Waals surface area contributed by atoms with E-state index in [1.54, 1.807) is 6.07 Å². The van der Waals surface area contributed by atoms with Gasteiger partial charge in [-0.1, -0.05) is 49.6 Å². The van der Waals surface area contributed by atoms with Crippen LogP contribution in [-0.4, -0.2) is 47.4 Å². The van der Waals surface area contributed by atoms with Crippen LogP contribution in [0.1, 0.15) is 54.9 Å². The van der Waals surface area contributed by atoms with E-state index in [1.165, 1.54) is 31.4 Å². The molecule has 36 heavy (non-hydrogen) atoms. The third-order valence-electron chi connectivity index (χ3n) is 7.54. The molecule has 2 heterocycles. The number of aromatic nitrogens is 1. The Bertz CT molecular complexity index is 1260. The molecular formula is C29H33FN4O2. The van der Waals surface area contributed by atoms with Crippen LogP contribution in [0.25, 0.3) is 22.2 Å². The molecule has 5 rings (SSSR count). The van der Waals surface area contributed by atoms with Crippen molar-refractivity contribution >= 4 is 22.7 Å². The van der Waals surface area contributed by atoms with Crippen molar-refractivity contribution in [3.05, 3.63) is 65.5 Å². The van der Waals surface area contributed by atoms with Gasteiger partial charge in [-0.25, -0.2) is 9.37 Å². The molecule has 2 N–H and O–H groups in total. The molecule has 7 heteroatoms. The number of carbonyl (C=O) groups excluding carboxylic acids is 2. The van der Waals surface area contributed by atoms with Crippen LogP contribution in [0.5, 0.6) is 0 Å². The van der Waals surface area contributed by atoms with Crippen LogP contribution in [0.2, 0.25) is 0 Å². The fourth-order valence-electron chi connectivity index (χ4n) is 5.61. The van der Waals surface area contributed by atoms with Crippen LogP contribution in [0.15, 0.2) is 48.5 Å². The molecule has 2 aromatic carbocycles. The number of nitrogens with zero attached hydrogens (tertiary/aromatic N) is 2. The lowest BCUT2D eigenvalue weighted by molar-refractivity contribution is -0.124. The minimum absolute atomic E-state index is 0.0322. The van der Waals surface area contributed by atoms with Gasteiger partial charge in [-0.2, -0.15) is 0 Å². The number of hydrogen-bond donors (Lipinski definition) is 2.